The van der Waals surface area contributed by atoms with E-state index in [1.165, 1.54) is 0 Å². The van der Waals surface area contributed by atoms with Crippen LogP contribution in [0.1, 0.15) is 70.2 Å². The molecular weight excluding hydrogens is 771 g/mol. The van der Waals surface area contributed by atoms with Crippen LogP contribution in [-0.2, 0) is 20.1 Å². The van der Waals surface area contributed by atoms with Gasteiger partial charge in [-0.25, -0.2) is 0 Å². The number of hydrogen-bond acceptors (Lipinski definition) is 5. The number of aliphatic hydroxyl groups is 2. The van der Waals surface area contributed by atoms with E-state index in [1.54, 1.807) is 11.0 Å². The number of aromatic nitrogens is 1. The summed E-state index contributed by atoms with van der Waals surface area (Å²) in [6.45, 7) is 20.0. The average Bonchev–Trinajstić information content (AvgIpc) is 2.85. The van der Waals surface area contributed by atoms with Gasteiger partial charge in [0, 0.05) is 38.4 Å². The van der Waals surface area contributed by atoms with Crippen LogP contribution in [-0.4, -0.2) is 31.3 Å². The summed E-state index contributed by atoms with van der Waals surface area (Å²) in [5.41, 5.74) is 6.90. The maximum absolute atomic E-state index is 9.76. The third kappa shape index (κ3) is 8.41. The van der Waals surface area contributed by atoms with Crippen molar-refractivity contribution in [1.82, 2.24) is 4.98 Å². The Morgan fingerprint density at radius 1 is 0.833 bits per heavy atom. The quantitative estimate of drug-likeness (QED) is 0.157. The fraction of sp³-hybridized carbons (Fsp3) is 0.485. The normalized spacial score (nSPS) is 14.4. The Morgan fingerprint density at radius 3 is 1.88 bits per heavy atom. The van der Waals surface area contributed by atoms with Gasteiger partial charge >= 0.3 is 0 Å². The molecule has 1 aromatic heterocycles. The second-order valence-corrected chi connectivity index (χ2v) is 15.2. The summed E-state index contributed by atoms with van der Waals surface area (Å²) in [5.74, 6) is 1.24. The number of benzene rings is 2. The van der Waals surface area contributed by atoms with Gasteiger partial charge in [0.2, 0.25) is 0 Å². The number of fused-ring (bicyclic) bond motifs is 2. The number of nitrogens with zero attached hydrogens (tertiary/aromatic N) is 2. The number of alkyl halides is 3. The van der Waals surface area contributed by atoms with Gasteiger partial charge in [0.25, 0.3) is 3.92 Å². The summed E-state index contributed by atoms with van der Waals surface area (Å²) in [6, 6.07) is 12.8. The van der Waals surface area contributed by atoms with Gasteiger partial charge in [-0.2, -0.15) is 0 Å². The van der Waals surface area contributed by atoms with Crippen molar-refractivity contribution in [2.24, 2.45) is 10.8 Å². The third-order valence-electron chi connectivity index (χ3n) is 7.60. The van der Waals surface area contributed by atoms with Gasteiger partial charge in [-0.15, -0.1) is 18.2 Å². The monoisotopic (exact) mass is 812 g/mol. The zero-order chi connectivity index (χ0) is 31.1. The van der Waals surface area contributed by atoms with Crippen molar-refractivity contribution in [2.75, 3.05) is 4.90 Å². The fourth-order valence-corrected chi connectivity index (χ4v) is 4.75. The van der Waals surface area contributed by atoms with Crippen molar-refractivity contribution in [3.8, 4) is 22.8 Å². The number of aryl methyl sites for hydroxylation is 3. The van der Waals surface area contributed by atoms with Crippen molar-refractivity contribution >= 4 is 46.2 Å². The molecule has 5 nitrogen and oxygen atoms in total. The molecule has 0 fully saturated rings. The van der Waals surface area contributed by atoms with E-state index in [0.717, 1.165) is 33.5 Å². The van der Waals surface area contributed by atoms with Crippen LogP contribution in [0.2, 0.25) is 0 Å². The van der Waals surface area contributed by atoms with E-state index in [2.05, 4.69) is 11.1 Å². The molecule has 9 heteroatoms. The zero-order valence-electron chi connectivity index (χ0n) is 26.0. The Bertz CT molecular complexity index is 1380. The minimum atomic E-state index is -1.69. The first-order valence-corrected chi connectivity index (χ1v) is 14.9. The molecule has 2 heterocycles. The molecule has 0 amide bonds. The molecule has 1 aliphatic rings. The Balaban J connectivity index is 0.000000377. The Hall–Kier alpha value is -1.37. The molecular formula is C33H42Cl3IrN2O3-. The predicted molar refractivity (Wildman–Crippen MR) is 172 cm³/mol. The van der Waals surface area contributed by atoms with Crippen LogP contribution in [0.4, 0.5) is 11.4 Å². The number of halogens is 3. The van der Waals surface area contributed by atoms with Gasteiger partial charge in [-0.3, -0.25) is 0 Å². The topological polar surface area (TPSA) is 65.8 Å². The number of anilines is 2. The maximum Gasteiger partial charge on any atom is 0.271 e. The number of aliphatic hydroxyl groups excluding tert-OH is 2. The molecule has 2 atom stereocenters. The molecule has 0 spiro atoms. The Kier molecular flexibility index (Phi) is 12.0. The number of ether oxygens (including phenoxy) is 1. The van der Waals surface area contributed by atoms with Crippen LogP contribution in [0.25, 0.3) is 11.3 Å². The first-order valence-electron chi connectivity index (χ1n) is 13.7. The van der Waals surface area contributed by atoms with Crippen molar-refractivity contribution in [3.05, 3.63) is 64.8 Å². The molecule has 1 aliphatic heterocycles. The zero-order valence-corrected chi connectivity index (χ0v) is 30.7. The second kappa shape index (κ2) is 13.7. The van der Waals surface area contributed by atoms with Gasteiger partial charge in [0.15, 0.2) is 0 Å². The predicted octanol–water partition coefficient (Wildman–Crippen LogP) is 9.54. The third-order valence-corrected chi connectivity index (χ3v) is 8.11. The standard InChI is InChI=1S/C22H18Cl3N2O.C11H24O2.Ir/c1-12-8-9-19-20(15(12)4)28-21-16(17-10-13(2)14(3)11-26-17)6-5-7-18(21)27(19)22(23,24)25;1-10(2,3)8(12)7-9(13)11(4,5)6;/h5,7-11H,1-4H3;8-9,12-13H,7H2,1-6H3;/q-1;;. The maximum atomic E-state index is 9.76. The number of hydrogen-bond donors (Lipinski definition) is 2. The van der Waals surface area contributed by atoms with Gasteiger partial charge in [0.1, 0.15) is 5.75 Å². The molecule has 42 heavy (non-hydrogen) atoms. The molecule has 3 aromatic rings. The van der Waals surface area contributed by atoms with Gasteiger partial charge in [-0.1, -0.05) is 99.6 Å². The Morgan fingerprint density at radius 2 is 1.38 bits per heavy atom. The SMILES string of the molecule is CC(C)(C)C(O)CC(O)C(C)(C)C.Cc1cnc(-c2[c-]ccc3c2Oc2c(ccc(C)c2C)N3C(Cl)(Cl)Cl)cc1C.[Ir]. The minimum Gasteiger partial charge on any atom is -0.497 e. The first kappa shape index (κ1) is 36.8. The van der Waals surface area contributed by atoms with Crippen molar-refractivity contribution in [1.29, 1.82) is 0 Å². The second-order valence-electron chi connectivity index (χ2n) is 13.0. The summed E-state index contributed by atoms with van der Waals surface area (Å²) >= 11 is 19.1. The van der Waals surface area contributed by atoms with Crippen molar-refractivity contribution in [3.63, 3.8) is 0 Å². The van der Waals surface area contributed by atoms with E-state index in [9.17, 15) is 10.2 Å². The smallest absolute Gasteiger partial charge is 0.271 e. The summed E-state index contributed by atoms with van der Waals surface area (Å²) in [7, 11) is 0. The molecule has 0 bridgehead atoms. The van der Waals surface area contributed by atoms with E-state index < -0.39 is 16.1 Å². The van der Waals surface area contributed by atoms with Crippen LogP contribution in [0.15, 0.2) is 36.5 Å². The van der Waals surface area contributed by atoms with Crippen molar-refractivity contribution in [2.45, 2.75) is 91.8 Å². The molecule has 4 rings (SSSR count). The van der Waals surface area contributed by atoms with E-state index in [-0.39, 0.29) is 30.9 Å². The molecule has 233 valence electrons. The average molecular weight is 813 g/mol. The number of pyridine rings is 1. The fourth-order valence-electron chi connectivity index (χ4n) is 4.21. The summed E-state index contributed by atoms with van der Waals surface area (Å²) < 4.78 is 4.69. The van der Waals surface area contributed by atoms with Crippen LogP contribution in [0.5, 0.6) is 11.5 Å². The molecule has 0 saturated heterocycles. The van der Waals surface area contributed by atoms with Crippen LogP contribution in [0.3, 0.4) is 0 Å². The Labute approximate surface area is 279 Å². The summed E-state index contributed by atoms with van der Waals surface area (Å²) in [5, 5.41) is 19.5. The molecule has 1 radical (unpaired) electrons. The largest absolute Gasteiger partial charge is 0.497 e. The molecule has 0 aliphatic carbocycles. The van der Waals surface area contributed by atoms with Crippen LogP contribution < -0.4 is 9.64 Å². The van der Waals surface area contributed by atoms with E-state index >= 15 is 0 Å². The van der Waals surface area contributed by atoms with Gasteiger partial charge in [0.05, 0.1) is 23.6 Å². The van der Waals surface area contributed by atoms with Gasteiger partial charge < -0.3 is 24.8 Å². The van der Waals surface area contributed by atoms with Crippen molar-refractivity contribution < 1.29 is 35.1 Å². The summed E-state index contributed by atoms with van der Waals surface area (Å²) in [4.78, 5) is 6.24. The van der Waals surface area contributed by atoms with Crippen LogP contribution in [0, 0.1) is 44.6 Å². The van der Waals surface area contributed by atoms with E-state index in [4.69, 9.17) is 39.5 Å². The molecule has 2 aromatic carbocycles. The molecule has 0 saturated carbocycles. The first-order chi connectivity index (χ1) is 18.7. The van der Waals surface area contributed by atoms with E-state index in [1.807, 2.05) is 99.7 Å². The van der Waals surface area contributed by atoms with Gasteiger partial charge in [-0.05, 0) is 67.0 Å². The summed E-state index contributed by atoms with van der Waals surface area (Å²) in [6.07, 6.45) is 1.41. The molecule has 2 unspecified atom stereocenters. The minimum absolute atomic E-state index is 0. The number of rotatable bonds is 3. The van der Waals surface area contributed by atoms with E-state index in [0.29, 0.717) is 29.3 Å². The van der Waals surface area contributed by atoms with Crippen LogP contribution >= 0.6 is 34.8 Å². The molecule has 2 N–H and O–H groups in total.